The Kier molecular flexibility index (Phi) is 6.17. The molecule has 0 aliphatic heterocycles. The Morgan fingerprint density at radius 2 is 1.85 bits per heavy atom. The van der Waals surface area contributed by atoms with Crippen molar-refractivity contribution in [1.29, 1.82) is 0 Å². The summed E-state index contributed by atoms with van der Waals surface area (Å²) >= 11 is 18.4. The molecule has 0 spiro atoms. The van der Waals surface area contributed by atoms with Crippen molar-refractivity contribution < 1.29 is 0 Å². The maximum Gasteiger partial charge on any atom is 0.0453 e. The second-order valence-electron chi connectivity index (χ2n) is 4.41. The van der Waals surface area contributed by atoms with Gasteiger partial charge in [0.15, 0.2) is 0 Å². The zero-order valence-corrected chi connectivity index (χ0v) is 16.0. The van der Waals surface area contributed by atoms with Gasteiger partial charge >= 0.3 is 0 Å². The summed E-state index contributed by atoms with van der Waals surface area (Å²) in [5, 5.41) is 4.77. The van der Waals surface area contributed by atoms with Crippen LogP contribution in [0.2, 0.25) is 10.0 Å². The zero-order valence-electron chi connectivity index (χ0n) is 10.8. The first kappa shape index (κ1) is 16.6. The van der Waals surface area contributed by atoms with Gasteiger partial charge in [-0.2, -0.15) is 0 Å². The first-order valence-electron chi connectivity index (χ1n) is 6.08. The Morgan fingerprint density at radius 3 is 2.45 bits per heavy atom. The van der Waals surface area contributed by atoms with Crippen LogP contribution < -0.4 is 5.32 Å². The molecule has 0 amide bonds. The van der Waals surface area contributed by atoms with Gasteiger partial charge in [0.05, 0.1) is 0 Å². The van der Waals surface area contributed by atoms with E-state index in [1.807, 2.05) is 31.3 Å². The number of benzene rings is 2. The van der Waals surface area contributed by atoms with Gasteiger partial charge in [0.25, 0.3) is 0 Å². The van der Waals surface area contributed by atoms with Gasteiger partial charge in [0.1, 0.15) is 0 Å². The summed E-state index contributed by atoms with van der Waals surface area (Å²) in [5.41, 5.74) is 2.21. The molecule has 1 N–H and O–H groups in total. The summed E-state index contributed by atoms with van der Waals surface area (Å²) < 4.78 is 2.28. The number of rotatable bonds is 4. The van der Waals surface area contributed by atoms with Crippen LogP contribution >= 0.6 is 61.7 Å². The van der Waals surface area contributed by atoms with Crippen molar-refractivity contribution in [3.8, 4) is 0 Å². The van der Waals surface area contributed by atoms with Crippen LogP contribution in [-0.2, 0) is 6.42 Å². The van der Waals surface area contributed by atoms with E-state index in [0.29, 0.717) is 10.0 Å². The third-order valence-corrected chi connectivity index (χ3v) is 5.34. The molecule has 1 unspecified atom stereocenters. The fraction of sp³-hybridized carbons (Fsp3) is 0.200. The van der Waals surface area contributed by atoms with E-state index in [9.17, 15) is 0 Å². The van der Waals surface area contributed by atoms with Crippen molar-refractivity contribution in [1.82, 2.24) is 5.32 Å². The second-order valence-corrected chi connectivity index (χ2v) is 7.30. The average Bonchev–Trinajstić information content (AvgIpc) is 2.42. The van der Waals surface area contributed by atoms with Crippen LogP contribution in [-0.4, -0.2) is 7.05 Å². The van der Waals surface area contributed by atoms with E-state index in [-0.39, 0.29) is 6.04 Å². The lowest BCUT2D eigenvalue weighted by Gasteiger charge is -2.20. The first-order valence-corrected chi connectivity index (χ1v) is 8.70. The SMILES string of the molecule is CNC(Cc1c(Cl)cccc1Cl)c1cc(Br)ccc1I. The Bertz CT molecular complexity index is 599. The molecule has 1 nitrogen and oxygen atoms in total. The Labute approximate surface area is 151 Å². The molecule has 0 radical (unpaired) electrons. The summed E-state index contributed by atoms with van der Waals surface area (Å²) in [4.78, 5) is 0. The molecule has 2 rings (SSSR count). The molecule has 0 aliphatic carbocycles. The molecule has 20 heavy (non-hydrogen) atoms. The second kappa shape index (κ2) is 7.45. The summed E-state index contributed by atoms with van der Waals surface area (Å²) in [6, 6.07) is 12.1. The van der Waals surface area contributed by atoms with Gasteiger partial charge in [-0.15, -0.1) is 0 Å². The highest BCUT2D eigenvalue weighted by Gasteiger charge is 2.17. The van der Waals surface area contributed by atoms with E-state index in [0.717, 1.165) is 16.5 Å². The van der Waals surface area contributed by atoms with Crippen molar-refractivity contribution >= 4 is 61.7 Å². The highest BCUT2D eigenvalue weighted by atomic mass is 127. The van der Waals surface area contributed by atoms with Gasteiger partial charge in [0.2, 0.25) is 0 Å². The van der Waals surface area contributed by atoms with E-state index in [1.54, 1.807) is 0 Å². The largest absolute Gasteiger partial charge is 0.313 e. The topological polar surface area (TPSA) is 12.0 Å². The van der Waals surface area contributed by atoms with Crippen molar-refractivity contribution in [2.24, 2.45) is 0 Å². The predicted molar refractivity (Wildman–Crippen MR) is 98.8 cm³/mol. The molecule has 0 aromatic heterocycles. The van der Waals surface area contributed by atoms with Crippen LogP contribution in [0.4, 0.5) is 0 Å². The molecule has 0 saturated carbocycles. The third-order valence-electron chi connectivity index (χ3n) is 3.15. The minimum absolute atomic E-state index is 0.164. The predicted octanol–water partition coefficient (Wildman–Crippen LogP) is 5.86. The summed E-state index contributed by atoms with van der Waals surface area (Å²) in [6.45, 7) is 0. The first-order chi connectivity index (χ1) is 9.52. The van der Waals surface area contributed by atoms with Crippen molar-refractivity contribution in [3.63, 3.8) is 0 Å². The van der Waals surface area contributed by atoms with Crippen molar-refractivity contribution in [3.05, 3.63) is 65.6 Å². The average molecular weight is 485 g/mol. The van der Waals surface area contributed by atoms with Crippen LogP contribution in [0, 0.1) is 3.57 Å². The van der Waals surface area contributed by atoms with Gasteiger partial charge in [-0.1, -0.05) is 45.2 Å². The summed E-state index contributed by atoms with van der Waals surface area (Å²) in [6.07, 6.45) is 0.751. The van der Waals surface area contributed by atoms with Crippen LogP contribution in [0.5, 0.6) is 0 Å². The summed E-state index contributed by atoms with van der Waals surface area (Å²) in [7, 11) is 1.95. The molecular weight excluding hydrogens is 472 g/mol. The fourth-order valence-electron chi connectivity index (χ4n) is 2.08. The molecule has 106 valence electrons. The van der Waals surface area contributed by atoms with Gasteiger partial charge in [0, 0.05) is 24.1 Å². The van der Waals surface area contributed by atoms with E-state index in [2.05, 4.69) is 56.0 Å². The van der Waals surface area contributed by atoms with Gasteiger partial charge < -0.3 is 5.32 Å². The number of halogens is 4. The summed E-state index contributed by atoms with van der Waals surface area (Å²) in [5.74, 6) is 0. The minimum Gasteiger partial charge on any atom is -0.313 e. The van der Waals surface area contributed by atoms with Crippen LogP contribution in [0.1, 0.15) is 17.2 Å². The molecule has 5 heteroatoms. The molecule has 0 heterocycles. The lowest BCUT2D eigenvalue weighted by molar-refractivity contribution is 0.589. The van der Waals surface area contributed by atoms with Crippen molar-refractivity contribution in [2.75, 3.05) is 7.05 Å². The quantitative estimate of drug-likeness (QED) is 0.536. The highest BCUT2D eigenvalue weighted by Crippen LogP contribution is 2.31. The lowest BCUT2D eigenvalue weighted by atomic mass is 9.99. The molecule has 0 aliphatic rings. The number of hydrogen-bond acceptors (Lipinski definition) is 1. The maximum atomic E-state index is 6.27. The lowest BCUT2D eigenvalue weighted by Crippen LogP contribution is -2.20. The maximum absolute atomic E-state index is 6.27. The fourth-order valence-corrected chi connectivity index (χ4v) is 3.72. The zero-order chi connectivity index (χ0) is 14.7. The van der Waals surface area contributed by atoms with Gasteiger partial charge in [-0.3, -0.25) is 0 Å². The van der Waals surface area contributed by atoms with Crippen LogP contribution in [0.3, 0.4) is 0 Å². The molecule has 0 saturated heterocycles. The highest BCUT2D eigenvalue weighted by molar-refractivity contribution is 14.1. The Hall–Kier alpha value is 0.190. The third kappa shape index (κ3) is 3.89. The van der Waals surface area contributed by atoms with Gasteiger partial charge in [-0.05, 0) is 77.5 Å². The number of hydrogen-bond donors (Lipinski definition) is 1. The van der Waals surface area contributed by atoms with Gasteiger partial charge in [-0.25, -0.2) is 0 Å². The monoisotopic (exact) mass is 483 g/mol. The molecular formula is C15H13BrCl2IN. The normalized spacial score (nSPS) is 12.4. The molecule has 0 fully saturated rings. The number of likely N-dealkylation sites (N-methyl/N-ethyl adjacent to an activating group) is 1. The molecule has 2 aromatic rings. The number of nitrogens with one attached hydrogen (secondary N) is 1. The standard InChI is InChI=1S/C15H13BrCl2IN/c1-20-15(11-7-9(16)5-6-14(11)19)8-10-12(17)3-2-4-13(10)18/h2-7,15,20H,8H2,1H3. The van der Waals surface area contributed by atoms with Crippen LogP contribution in [0.25, 0.3) is 0 Å². The Morgan fingerprint density at radius 1 is 1.20 bits per heavy atom. The smallest absolute Gasteiger partial charge is 0.0453 e. The van der Waals surface area contributed by atoms with Crippen molar-refractivity contribution in [2.45, 2.75) is 12.5 Å². The van der Waals surface area contributed by atoms with Crippen LogP contribution in [0.15, 0.2) is 40.9 Å². The molecule has 1 atom stereocenters. The Balaban J connectivity index is 2.36. The van der Waals surface area contributed by atoms with E-state index < -0.39 is 0 Å². The minimum atomic E-state index is 0.164. The van der Waals surface area contributed by atoms with E-state index >= 15 is 0 Å². The van der Waals surface area contributed by atoms with E-state index in [4.69, 9.17) is 23.2 Å². The van der Waals surface area contributed by atoms with E-state index in [1.165, 1.54) is 9.13 Å². The molecule has 2 aromatic carbocycles. The molecule has 0 bridgehead atoms.